The van der Waals surface area contributed by atoms with Gasteiger partial charge in [-0.2, -0.15) is 0 Å². The lowest BCUT2D eigenvalue weighted by Gasteiger charge is -2.08. The summed E-state index contributed by atoms with van der Waals surface area (Å²) in [7, 11) is 0. The van der Waals surface area contributed by atoms with Gasteiger partial charge < -0.3 is 16.2 Å². The third-order valence-corrected chi connectivity index (χ3v) is 3.51. The molecule has 0 radical (unpaired) electrons. The number of halogens is 1. The van der Waals surface area contributed by atoms with E-state index in [-0.39, 0.29) is 6.61 Å². The molecule has 0 heterocycles. The van der Waals surface area contributed by atoms with Crippen LogP contribution < -0.4 is 11.1 Å². The van der Waals surface area contributed by atoms with E-state index in [1.165, 1.54) is 0 Å². The topological polar surface area (TPSA) is 75.4 Å². The van der Waals surface area contributed by atoms with Crippen molar-refractivity contribution in [1.82, 2.24) is 5.32 Å². The molecule has 0 saturated heterocycles. The minimum atomic E-state index is -0.489. The monoisotopic (exact) mass is 304 g/mol. The Morgan fingerprint density at radius 2 is 1.90 bits per heavy atom. The Labute approximate surface area is 128 Å². The zero-order valence-corrected chi connectivity index (χ0v) is 12.2. The van der Waals surface area contributed by atoms with Crippen molar-refractivity contribution >= 4 is 17.5 Å². The normalized spacial score (nSPS) is 10.6. The number of amides is 1. The number of aliphatic hydroxyl groups excluding tert-OH is 1. The zero-order valence-electron chi connectivity index (χ0n) is 11.5. The molecule has 2 aromatic carbocycles. The largest absolute Gasteiger partial charge is 0.392 e. The second-order valence-electron chi connectivity index (χ2n) is 4.75. The summed E-state index contributed by atoms with van der Waals surface area (Å²) in [4.78, 5) is 11.1. The molecule has 0 fully saturated rings. The Morgan fingerprint density at radius 1 is 1.14 bits per heavy atom. The quantitative estimate of drug-likeness (QED) is 0.766. The summed E-state index contributed by atoms with van der Waals surface area (Å²) >= 11 is 6.12. The maximum Gasteiger partial charge on any atom is 0.248 e. The van der Waals surface area contributed by atoms with Gasteiger partial charge in [-0.15, -0.1) is 0 Å². The number of carbonyl (C=O) groups is 1. The molecule has 0 aliphatic rings. The Kier molecular flexibility index (Phi) is 5.33. The summed E-state index contributed by atoms with van der Waals surface area (Å²) in [5, 5.41) is 12.9. The van der Waals surface area contributed by atoms with E-state index in [0.717, 1.165) is 16.7 Å². The van der Waals surface area contributed by atoms with E-state index in [1.807, 2.05) is 24.3 Å². The molecule has 0 spiro atoms. The Balaban J connectivity index is 1.95. The summed E-state index contributed by atoms with van der Waals surface area (Å²) in [6.07, 6.45) is 0. The van der Waals surface area contributed by atoms with Gasteiger partial charge in [0.1, 0.15) is 0 Å². The van der Waals surface area contributed by atoms with E-state index in [0.29, 0.717) is 23.7 Å². The zero-order chi connectivity index (χ0) is 15.2. The van der Waals surface area contributed by atoms with Crippen molar-refractivity contribution < 1.29 is 9.90 Å². The standard InChI is InChI=1S/C16H17ClN2O2/c17-15-7-13(16(18)21)4-5-14(15)9-19-8-11-2-1-3-12(6-11)10-20/h1-7,19-20H,8-10H2,(H2,18,21). The molecule has 4 N–H and O–H groups in total. The summed E-state index contributed by atoms with van der Waals surface area (Å²) in [6, 6.07) is 12.8. The van der Waals surface area contributed by atoms with E-state index >= 15 is 0 Å². The van der Waals surface area contributed by atoms with Crippen LogP contribution in [0.15, 0.2) is 42.5 Å². The summed E-state index contributed by atoms with van der Waals surface area (Å²) in [5.74, 6) is -0.489. The summed E-state index contributed by atoms with van der Waals surface area (Å²) in [5.41, 5.74) is 8.48. The molecule has 2 aromatic rings. The molecule has 0 aromatic heterocycles. The number of benzene rings is 2. The van der Waals surface area contributed by atoms with Crippen molar-refractivity contribution in [3.8, 4) is 0 Å². The second kappa shape index (κ2) is 7.22. The van der Waals surface area contributed by atoms with Crippen LogP contribution in [0.1, 0.15) is 27.0 Å². The number of primary amides is 1. The minimum absolute atomic E-state index is 0.0360. The molecule has 0 aliphatic heterocycles. The number of nitrogens with two attached hydrogens (primary N) is 1. The molecule has 4 nitrogen and oxygen atoms in total. The minimum Gasteiger partial charge on any atom is -0.392 e. The highest BCUT2D eigenvalue weighted by molar-refractivity contribution is 6.31. The van der Waals surface area contributed by atoms with Crippen LogP contribution in [0.3, 0.4) is 0 Å². The summed E-state index contributed by atoms with van der Waals surface area (Å²) in [6.45, 7) is 1.29. The van der Waals surface area contributed by atoms with Crippen LogP contribution in [-0.2, 0) is 19.7 Å². The second-order valence-corrected chi connectivity index (χ2v) is 5.16. The first-order valence-electron chi connectivity index (χ1n) is 6.58. The van der Waals surface area contributed by atoms with E-state index in [1.54, 1.807) is 18.2 Å². The highest BCUT2D eigenvalue weighted by atomic mass is 35.5. The van der Waals surface area contributed by atoms with Crippen molar-refractivity contribution in [1.29, 1.82) is 0 Å². The lowest BCUT2D eigenvalue weighted by Crippen LogP contribution is -2.14. The van der Waals surface area contributed by atoms with Crippen LogP contribution in [0, 0.1) is 0 Å². The van der Waals surface area contributed by atoms with Gasteiger partial charge in [-0.1, -0.05) is 41.9 Å². The van der Waals surface area contributed by atoms with E-state index in [9.17, 15) is 4.79 Å². The van der Waals surface area contributed by atoms with Gasteiger partial charge >= 0.3 is 0 Å². The Hall–Kier alpha value is -1.88. The van der Waals surface area contributed by atoms with Gasteiger partial charge in [0.2, 0.25) is 5.91 Å². The summed E-state index contributed by atoms with van der Waals surface area (Å²) < 4.78 is 0. The molecule has 0 bridgehead atoms. The van der Waals surface area contributed by atoms with E-state index in [4.69, 9.17) is 22.4 Å². The lowest BCUT2D eigenvalue weighted by molar-refractivity contribution is 0.100. The van der Waals surface area contributed by atoms with Crippen molar-refractivity contribution in [2.24, 2.45) is 5.73 Å². The van der Waals surface area contributed by atoms with Crippen LogP contribution in [0.5, 0.6) is 0 Å². The molecule has 0 aliphatic carbocycles. The maximum atomic E-state index is 11.1. The Morgan fingerprint density at radius 3 is 2.57 bits per heavy atom. The molecule has 2 rings (SSSR count). The van der Waals surface area contributed by atoms with Crippen molar-refractivity contribution in [2.75, 3.05) is 0 Å². The number of hydrogen-bond donors (Lipinski definition) is 3. The molecule has 5 heteroatoms. The molecule has 1 amide bonds. The van der Waals surface area contributed by atoms with Crippen LogP contribution in [-0.4, -0.2) is 11.0 Å². The van der Waals surface area contributed by atoms with E-state index < -0.39 is 5.91 Å². The molecular weight excluding hydrogens is 288 g/mol. The van der Waals surface area contributed by atoms with Gasteiger partial charge in [0.15, 0.2) is 0 Å². The maximum absolute atomic E-state index is 11.1. The van der Waals surface area contributed by atoms with Crippen molar-refractivity contribution in [3.63, 3.8) is 0 Å². The first kappa shape index (κ1) is 15.5. The van der Waals surface area contributed by atoms with Crippen LogP contribution >= 0.6 is 11.6 Å². The molecule has 0 unspecified atom stereocenters. The number of aliphatic hydroxyl groups is 1. The van der Waals surface area contributed by atoms with Crippen molar-refractivity contribution in [2.45, 2.75) is 19.7 Å². The van der Waals surface area contributed by atoms with Gasteiger partial charge in [0, 0.05) is 23.7 Å². The Bertz CT molecular complexity index is 644. The number of carbonyl (C=O) groups excluding carboxylic acids is 1. The van der Waals surface area contributed by atoms with Crippen LogP contribution in [0.25, 0.3) is 0 Å². The number of nitrogens with one attached hydrogen (secondary N) is 1. The highest BCUT2D eigenvalue weighted by Crippen LogP contribution is 2.18. The van der Waals surface area contributed by atoms with Gasteiger partial charge in [0.05, 0.1) is 6.61 Å². The molecule has 110 valence electrons. The van der Waals surface area contributed by atoms with E-state index in [2.05, 4.69) is 5.32 Å². The van der Waals surface area contributed by atoms with Gasteiger partial charge in [-0.05, 0) is 28.8 Å². The lowest BCUT2D eigenvalue weighted by atomic mass is 10.1. The van der Waals surface area contributed by atoms with Crippen LogP contribution in [0.4, 0.5) is 0 Å². The van der Waals surface area contributed by atoms with Gasteiger partial charge in [0.25, 0.3) is 0 Å². The number of rotatable bonds is 6. The average molecular weight is 305 g/mol. The average Bonchev–Trinajstić information content (AvgIpc) is 2.49. The third-order valence-electron chi connectivity index (χ3n) is 3.16. The molecule has 0 atom stereocenters. The number of hydrogen-bond acceptors (Lipinski definition) is 3. The fourth-order valence-electron chi connectivity index (χ4n) is 2.02. The predicted molar refractivity (Wildman–Crippen MR) is 82.9 cm³/mol. The smallest absolute Gasteiger partial charge is 0.248 e. The molecule has 21 heavy (non-hydrogen) atoms. The van der Waals surface area contributed by atoms with Crippen molar-refractivity contribution in [3.05, 3.63) is 69.7 Å². The first-order valence-corrected chi connectivity index (χ1v) is 6.95. The van der Waals surface area contributed by atoms with Crippen LogP contribution in [0.2, 0.25) is 5.02 Å². The predicted octanol–water partition coefficient (Wildman–Crippen LogP) is 2.22. The SMILES string of the molecule is NC(=O)c1ccc(CNCc2cccc(CO)c2)c(Cl)c1. The molecule has 0 saturated carbocycles. The van der Waals surface area contributed by atoms with Gasteiger partial charge in [-0.3, -0.25) is 4.79 Å². The highest BCUT2D eigenvalue weighted by Gasteiger charge is 2.05. The third kappa shape index (κ3) is 4.29. The fraction of sp³-hybridized carbons (Fsp3) is 0.188. The fourth-order valence-corrected chi connectivity index (χ4v) is 2.27. The first-order chi connectivity index (χ1) is 10.1. The van der Waals surface area contributed by atoms with Gasteiger partial charge in [-0.25, -0.2) is 0 Å². The molecular formula is C16H17ClN2O2.